The Morgan fingerprint density at radius 2 is 2.25 bits per heavy atom. The van der Waals surface area contributed by atoms with E-state index in [9.17, 15) is 0 Å². The van der Waals surface area contributed by atoms with Gasteiger partial charge in [0.25, 0.3) is 0 Å². The molecule has 0 atom stereocenters. The standard InChI is InChI=1S/C12H15N3O/c1-9-6-10(16-14-9)7-15-8-13-11-4-2-3-5-12(11)15/h6,8H,2-5,7H2,1H3. The van der Waals surface area contributed by atoms with Crippen molar-refractivity contribution in [3.05, 3.63) is 35.2 Å². The van der Waals surface area contributed by atoms with E-state index in [-0.39, 0.29) is 0 Å². The molecule has 84 valence electrons. The minimum atomic E-state index is 0.753. The van der Waals surface area contributed by atoms with Gasteiger partial charge in [-0.25, -0.2) is 4.98 Å². The number of aromatic nitrogens is 3. The molecule has 3 rings (SSSR count). The fraction of sp³-hybridized carbons (Fsp3) is 0.500. The van der Waals surface area contributed by atoms with Crippen LogP contribution in [0.25, 0.3) is 0 Å². The molecular formula is C12H15N3O. The summed E-state index contributed by atoms with van der Waals surface area (Å²) >= 11 is 0. The van der Waals surface area contributed by atoms with Crippen molar-refractivity contribution in [3.63, 3.8) is 0 Å². The third kappa shape index (κ3) is 1.64. The smallest absolute Gasteiger partial charge is 0.156 e. The molecule has 0 spiro atoms. The number of imidazole rings is 1. The monoisotopic (exact) mass is 217 g/mol. The fourth-order valence-corrected chi connectivity index (χ4v) is 2.33. The van der Waals surface area contributed by atoms with Crippen molar-refractivity contribution in [2.45, 2.75) is 39.2 Å². The molecular weight excluding hydrogens is 202 g/mol. The van der Waals surface area contributed by atoms with Gasteiger partial charge >= 0.3 is 0 Å². The highest BCUT2D eigenvalue weighted by atomic mass is 16.5. The van der Waals surface area contributed by atoms with E-state index in [0.29, 0.717) is 0 Å². The zero-order valence-electron chi connectivity index (χ0n) is 9.44. The molecule has 0 amide bonds. The zero-order chi connectivity index (χ0) is 11.0. The number of nitrogens with zero attached hydrogens (tertiary/aromatic N) is 3. The van der Waals surface area contributed by atoms with Crippen LogP contribution in [-0.2, 0) is 19.4 Å². The lowest BCUT2D eigenvalue weighted by Gasteiger charge is -2.12. The van der Waals surface area contributed by atoms with Gasteiger partial charge in [-0.05, 0) is 32.6 Å². The van der Waals surface area contributed by atoms with Crippen LogP contribution in [0.1, 0.15) is 35.7 Å². The highest BCUT2D eigenvalue weighted by Crippen LogP contribution is 2.20. The van der Waals surface area contributed by atoms with E-state index in [1.165, 1.54) is 24.2 Å². The number of hydrogen-bond donors (Lipinski definition) is 0. The molecule has 2 aromatic heterocycles. The average Bonchev–Trinajstić information content (AvgIpc) is 2.87. The van der Waals surface area contributed by atoms with Crippen molar-refractivity contribution in [1.82, 2.24) is 14.7 Å². The maximum Gasteiger partial charge on any atom is 0.156 e. The van der Waals surface area contributed by atoms with Crippen molar-refractivity contribution in [2.75, 3.05) is 0 Å². The summed E-state index contributed by atoms with van der Waals surface area (Å²) in [6.45, 7) is 2.69. The van der Waals surface area contributed by atoms with E-state index in [2.05, 4.69) is 14.7 Å². The molecule has 4 heteroatoms. The van der Waals surface area contributed by atoms with Crippen molar-refractivity contribution < 1.29 is 4.52 Å². The SMILES string of the molecule is Cc1cc(Cn2cnc3c2CCCC3)on1. The first-order valence-electron chi connectivity index (χ1n) is 5.78. The summed E-state index contributed by atoms with van der Waals surface area (Å²) in [6.07, 6.45) is 6.73. The summed E-state index contributed by atoms with van der Waals surface area (Å²) in [5.74, 6) is 0.906. The van der Waals surface area contributed by atoms with Gasteiger partial charge in [0.2, 0.25) is 0 Å². The van der Waals surface area contributed by atoms with Crippen LogP contribution < -0.4 is 0 Å². The number of hydrogen-bond acceptors (Lipinski definition) is 3. The van der Waals surface area contributed by atoms with Gasteiger partial charge in [-0.2, -0.15) is 0 Å². The Morgan fingerprint density at radius 3 is 3.06 bits per heavy atom. The zero-order valence-corrected chi connectivity index (χ0v) is 9.44. The maximum atomic E-state index is 5.23. The van der Waals surface area contributed by atoms with Gasteiger partial charge in [0.1, 0.15) is 0 Å². The van der Waals surface area contributed by atoms with E-state index in [0.717, 1.165) is 30.8 Å². The second-order valence-corrected chi connectivity index (χ2v) is 4.41. The Morgan fingerprint density at radius 1 is 1.38 bits per heavy atom. The highest BCUT2D eigenvalue weighted by molar-refractivity contribution is 5.17. The minimum Gasteiger partial charge on any atom is -0.359 e. The number of aryl methyl sites for hydroxylation is 2. The third-order valence-electron chi connectivity index (χ3n) is 3.11. The lowest BCUT2D eigenvalue weighted by Crippen LogP contribution is -2.08. The second kappa shape index (κ2) is 3.77. The predicted octanol–water partition coefficient (Wildman–Crippen LogP) is 2.11. The lowest BCUT2D eigenvalue weighted by atomic mass is 10.0. The van der Waals surface area contributed by atoms with Crippen LogP contribution in [0.5, 0.6) is 0 Å². The number of fused-ring (bicyclic) bond motifs is 1. The van der Waals surface area contributed by atoms with Gasteiger partial charge < -0.3 is 9.09 Å². The van der Waals surface area contributed by atoms with E-state index in [1.54, 1.807) is 0 Å². The van der Waals surface area contributed by atoms with Crippen LogP contribution in [0.4, 0.5) is 0 Å². The molecule has 1 aliphatic carbocycles. The first kappa shape index (κ1) is 9.63. The van der Waals surface area contributed by atoms with Crippen molar-refractivity contribution in [1.29, 1.82) is 0 Å². The first-order chi connectivity index (χ1) is 7.83. The predicted molar refractivity (Wildman–Crippen MR) is 59.2 cm³/mol. The summed E-state index contributed by atoms with van der Waals surface area (Å²) in [7, 11) is 0. The molecule has 0 aromatic carbocycles. The van der Waals surface area contributed by atoms with Crippen LogP contribution in [-0.4, -0.2) is 14.7 Å². The van der Waals surface area contributed by atoms with Crippen LogP contribution in [0.3, 0.4) is 0 Å². The molecule has 2 aromatic rings. The molecule has 0 unspecified atom stereocenters. The highest BCUT2D eigenvalue weighted by Gasteiger charge is 2.15. The van der Waals surface area contributed by atoms with Gasteiger partial charge in [0, 0.05) is 11.8 Å². The molecule has 0 saturated heterocycles. The quantitative estimate of drug-likeness (QED) is 0.773. The van der Waals surface area contributed by atoms with Crippen molar-refractivity contribution in [3.8, 4) is 0 Å². The summed E-state index contributed by atoms with van der Waals surface area (Å²) in [5, 5.41) is 3.90. The van der Waals surface area contributed by atoms with E-state index in [1.807, 2.05) is 19.3 Å². The maximum absolute atomic E-state index is 5.23. The fourth-order valence-electron chi connectivity index (χ4n) is 2.33. The largest absolute Gasteiger partial charge is 0.359 e. The average molecular weight is 217 g/mol. The van der Waals surface area contributed by atoms with Gasteiger partial charge in [-0.1, -0.05) is 5.16 Å². The molecule has 0 fully saturated rings. The molecule has 4 nitrogen and oxygen atoms in total. The molecule has 0 aliphatic heterocycles. The van der Waals surface area contributed by atoms with Crippen LogP contribution in [0, 0.1) is 6.92 Å². The number of rotatable bonds is 2. The molecule has 0 N–H and O–H groups in total. The summed E-state index contributed by atoms with van der Waals surface area (Å²) in [6, 6.07) is 1.98. The van der Waals surface area contributed by atoms with Gasteiger partial charge in [0.15, 0.2) is 5.76 Å². The summed E-state index contributed by atoms with van der Waals surface area (Å²) < 4.78 is 7.42. The Balaban J connectivity index is 1.87. The Bertz CT molecular complexity index is 498. The summed E-state index contributed by atoms with van der Waals surface area (Å²) in [4.78, 5) is 4.46. The summed E-state index contributed by atoms with van der Waals surface area (Å²) in [5.41, 5.74) is 3.58. The molecule has 0 bridgehead atoms. The van der Waals surface area contributed by atoms with Crippen LogP contribution >= 0.6 is 0 Å². The van der Waals surface area contributed by atoms with Crippen LogP contribution in [0.2, 0.25) is 0 Å². The molecule has 0 radical (unpaired) electrons. The van der Waals surface area contributed by atoms with Gasteiger partial charge in [-0.3, -0.25) is 0 Å². The molecule has 2 heterocycles. The normalized spacial score (nSPS) is 15.1. The second-order valence-electron chi connectivity index (χ2n) is 4.41. The Hall–Kier alpha value is -1.58. The molecule has 16 heavy (non-hydrogen) atoms. The van der Waals surface area contributed by atoms with E-state index >= 15 is 0 Å². The Labute approximate surface area is 94.3 Å². The van der Waals surface area contributed by atoms with E-state index < -0.39 is 0 Å². The van der Waals surface area contributed by atoms with Crippen molar-refractivity contribution >= 4 is 0 Å². The third-order valence-corrected chi connectivity index (χ3v) is 3.11. The van der Waals surface area contributed by atoms with Crippen LogP contribution in [0.15, 0.2) is 16.9 Å². The topological polar surface area (TPSA) is 43.9 Å². The van der Waals surface area contributed by atoms with Gasteiger partial charge in [-0.15, -0.1) is 0 Å². The lowest BCUT2D eigenvalue weighted by molar-refractivity contribution is 0.371. The first-order valence-corrected chi connectivity index (χ1v) is 5.78. The molecule has 1 aliphatic rings. The molecule has 0 saturated carbocycles. The van der Waals surface area contributed by atoms with Gasteiger partial charge in [0.05, 0.1) is 24.3 Å². The van der Waals surface area contributed by atoms with Crippen molar-refractivity contribution in [2.24, 2.45) is 0 Å². The Kier molecular flexibility index (Phi) is 2.27. The van der Waals surface area contributed by atoms with E-state index in [4.69, 9.17) is 4.52 Å². The minimum absolute atomic E-state index is 0.753.